The molecule has 1 saturated heterocycles. The zero-order valence-corrected chi connectivity index (χ0v) is 10.3. The van der Waals surface area contributed by atoms with Gasteiger partial charge in [0.1, 0.15) is 0 Å². The second-order valence-corrected chi connectivity index (χ2v) is 5.78. The van der Waals surface area contributed by atoms with Gasteiger partial charge in [-0.25, -0.2) is 0 Å². The molecule has 0 aromatic heterocycles. The Bertz CT molecular complexity index is 394. The standard InChI is InChI=1S/C12H16N2O2S/c13-9-4-6-10(7-5-9)17(16)11-3-1-2-8-14-12(11)15/h4-7,11H,1-3,8,13H2,(H,14,15). The Morgan fingerprint density at radius 3 is 2.71 bits per heavy atom. The smallest absolute Gasteiger partial charge is 0.273 e. The van der Waals surface area contributed by atoms with Crippen molar-refractivity contribution < 1.29 is 9.35 Å². The maximum absolute atomic E-state index is 12.3. The van der Waals surface area contributed by atoms with Crippen LogP contribution in [0.5, 0.6) is 0 Å². The van der Waals surface area contributed by atoms with Crippen molar-refractivity contribution >= 4 is 22.8 Å². The van der Waals surface area contributed by atoms with E-state index in [0.717, 1.165) is 12.8 Å². The lowest BCUT2D eigenvalue weighted by Crippen LogP contribution is -2.38. The van der Waals surface area contributed by atoms with Crippen molar-refractivity contribution in [2.45, 2.75) is 29.4 Å². The summed E-state index contributed by atoms with van der Waals surface area (Å²) < 4.78 is 12.3. The van der Waals surface area contributed by atoms with Gasteiger partial charge in [0.25, 0.3) is 5.91 Å². The number of nitrogens with two attached hydrogens (primary N) is 1. The van der Waals surface area contributed by atoms with Gasteiger partial charge in [-0.1, -0.05) is 0 Å². The van der Waals surface area contributed by atoms with Gasteiger partial charge in [-0.2, -0.15) is 0 Å². The van der Waals surface area contributed by atoms with Crippen molar-refractivity contribution in [3.63, 3.8) is 0 Å². The van der Waals surface area contributed by atoms with Crippen LogP contribution in [-0.2, 0) is 16.0 Å². The second-order valence-electron chi connectivity index (χ2n) is 4.14. The molecule has 1 aromatic carbocycles. The first kappa shape index (κ1) is 12.3. The van der Waals surface area contributed by atoms with Gasteiger partial charge < -0.3 is 15.6 Å². The number of carbonyl (C=O) groups is 1. The van der Waals surface area contributed by atoms with Crippen LogP contribution in [0.2, 0.25) is 0 Å². The summed E-state index contributed by atoms with van der Waals surface area (Å²) in [5, 5.41) is 2.37. The molecule has 92 valence electrons. The van der Waals surface area contributed by atoms with Gasteiger partial charge in [-0.15, -0.1) is 0 Å². The number of nitrogen functional groups attached to an aromatic ring is 1. The SMILES string of the molecule is Nc1ccc([S+]([O-])C2CCCCNC2=O)cc1. The van der Waals surface area contributed by atoms with Crippen LogP contribution in [0.15, 0.2) is 29.2 Å². The first-order chi connectivity index (χ1) is 8.18. The zero-order chi connectivity index (χ0) is 12.3. The van der Waals surface area contributed by atoms with Gasteiger partial charge in [0.15, 0.2) is 10.1 Å². The highest BCUT2D eigenvalue weighted by Crippen LogP contribution is 2.22. The molecular formula is C12H16N2O2S. The number of rotatable bonds is 2. The molecule has 0 saturated carbocycles. The van der Waals surface area contributed by atoms with Crippen LogP contribution < -0.4 is 11.1 Å². The quantitative estimate of drug-likeness (QED) is 0.610. The highest BCUT2D eigenvalue weighted by Gasteiger charge is 2.32. The topological polar surface area (TPSA) is 78.2 Å². The minimum absolute atomic E-state index is 0.0994. The third-order valence-electron chi connectivity index (χ3n) is 2.86. The van der Waals surface area contributed by atoms with Crippen molar-refractivity contribution in [3.05, 3.63) is 24.3 Å². The minimum Gasteiger partial charge on any atom is -0.611 e. The predicted molar refractivity (Wildman–Crippen MR) is 67.9 cm³/mol. The summed E-state index contributed by atoms with van der Waals surface area (Å²) in [5.41, 5.74) is 6.21. The van der Waals surface area contributed by atoms with Crippen molar-refractivity contribution in [2.24, 2.45) is 0 Å². The Morgan fingerprint density at radius 2 is 2.00 bits per heavy atom. The molecule has 0 spiro atoms. The lowest BCUT2D eigenvalue weighted by Gasteiger charge is -2.18. The average molecular weight is 252 g/mol. The highest BCUT2D eigenvalue weighted by atomic mass is 32.2. The van der Waals surface area contributed by atoms with Gasteiger partial charge in [0.05, 0.1) is 0 Å². The van der Waals surface area contributed by atoms with Gasteiger partial charge >= 0.3 is 0 Å². The minimum atomic E-state index is -1.29. The summed E-state index contributed by atoms with van der Waals surface area (Å²) >= 11 is -1.29. The van der Waals surface area contributed by atoms with E-state index in [-0.39, 0.29) is 5.91 Å². The number of benzene rings is 1. The molecule has 1 heterocycles. The molecule has 2 unspecified atom stereocenters. The molecule has 1 fully saturated rings. The first-order valence-corrected chi connectivity index (χ1v) is 6.93. The zero-order valence-electron chi connectivity index (χ0n) is 9.52. The fourth-order valence-electron chi connectivity index (χ4n) is 1.88. The summed E-state index contributed by atoms with van der Waals surface area (Å²) in [4.78, 5) is 12.4. The fourth-order valence-corrected chi connectivity index (χ4v) is 3.27. The maximum atomic E-state index is 12.3. The monoisotopic (exact) mass is 252 g/mol. The number of hydrogen-bond acceptors (Lipinski definition) is 3. The molecule has 2 atom stereocenters. The average Bonchev–Trinajstić information content (AvgIpc) is 2.54. The van der Waals surface area contributed by atoms with Crippen molar-refractivity contribution in [1.29, 1.82) is 0 Å². The summed E-state index contributed by atoms with van der Waals surface area (Å²) in [5.74, 6) is -0.0994. The number of hydrogen-bond donors (Lipinski definition) is 2. The lowest BCUT2D eigenvalue weighted by atomic mass is 10.2. The van der Waals surface area contributed by atoms with Crippen LogP contribution in [-0.4, -0.2) is 22.3 Å². The van der Waals surface area contributed by atoms with Crippen molar-refractivity contribution in [3.8, 4) is 0 Å². The maximum Gasteiger partial charge on any atom is 0.273 e. The number of nitrogens with one attached hydrogen (secondary N) is 1. The third-order valence-corrected chi connectivity index (χ3v) is 4.56. The van der Waals surface area contributed by atoms with E-state index in [1.165, 1.54) is 0 Å². The molecule has 1 aliphatic rings. The fraction of sp³-hybridized carbons (Fsp3) is 0.417. The van der Waals surface area contributed by atoms with Crippen molar-refractivity contribution in [1.82, 2.24) is 5.32 Å². The number of amides is 1. The summed E-state index contributed by atoms with van der Waals surface area (Å²) in [6.07, 6.45) is 2.58. The van der Waals surface area contributed by atoms with E-state index < -0.39 is 16.4 Å². The third kappa shape index (κ3) is 2.92. The molecule has 0 aliphatic carbocycles. The number of carbonyl (C=O) groups excluding carboxylic acids is 1. The summed E-state index contributed by atoms with van der Waals surface area (Å²) in [6.45, 7) is 0.689. The molecule has 3 N–H and O–H groups in total. The molecule has 5 heteroatoms. The molecule has 0 radical (unpaired) electrons. The molecule has 1 amide bonds. The molecule has 2 rings (SSSR count). The van der Waals surface area contributed by atoms with Gasteiger partial charge in [-0.05, 0) is 48.3 Å². The van der Waals surface area contributed by atoms with E-state index in [2.05, 4.69) is 5.32 Å². The molecule has 17 heavy (non-hydrogen) atoms. The van der Waals surface area contributed by atoms with E-state index in [0.29, 0.717) is 23.5 Å². The van der Waals surface area contributed by atoms with Crippen LogP contribution in [0.25, 0.3) is 0 Å². The first-order valence-electron chi connectivity index (χ1n) is 5.72. The van der Waals surface area contributed by atoms with Gasteiger partial charge in [0.2, 0.25) is 0 Å². The highest BCUT2D eigenvalue weighted by molar-refractivity contribution is 7.92. The molecule has 4 nitrogen and oxygen atoms in total. The molecular weight excluding hydrogens is 236 g/mol. The second kappa shape index (κ2) is 5.42. The summed E-state index contributed by atoms with van der Waals surface area (Å²) in [7, 11) is 0. The molecule has 0 bridgehead atoms. The van der Waals surface area contributed by atoms with Crippen LogP contribution in [0.4, 0.5) is 5.69 Å². The Morgan fingerprint density at radius 1 is 1.29 bits per heavy atom. The van der Waals surface area contributed by atoms with E-state index >= 15 is 0 Å². The Hall–Kier alpha value is -1.20. The summed E-state index contributed by atoms with van der Waals surface area (Å²) in [6, 6.07) is 6.87. The van der Waals surface area contributed by atoms with Crippen LogP contribution in [0, 0.1) is 0 Å². The predicted octanol–water partition coefficient (Wildman–Crippen LogP) is 1.05. The van der Waals surface area contributed by atoms with E-state index in [1.54, 1.807) is 24.3 Å². The van der Waals surface area contributed by atoms with Crippen molar-refractivity contribution in [2.75, 3.05) is 12.3 Å². The Kier molecular flexibility index (Phi) is 3.91. The number of anilines is 1. The van der Waals surface area contributed by atoms with Crippen LogP contribution >= 0.6 is 0 Å². The van der Waals surface area contributed by atoms with Gasteiger partial charge in [0, 0.05) is 18.7 Å². The van der Waals surface area contributed by atoms with Crippen LogP contribution in [0.3, 0.4) is 0 Å². The Balaban J connectivity index is 2.14. The van der Waals surface area contributed by atoms with Crippen LogP contribution in [0.1, 0.15) is 19.3 Å². The Labute approximate surface area is 104 Å². The van der Waals surface area contributed by atoms with E-state index in [9.17, 15) is 9.35 Å². The van der Waals surface area contributed by atoms with Gasteiger partial charge in [-0.3, -0.25) is 4.79 Å². The normalized spacial score (nSPS) is 22.6. The van der Waals surface area contributed by atoms with E-state index in [1.807, 2.05) is 0 Å². The molecule has 1 aliphatic heterocycles. The molecule has 1 aromatic rings. The van der Waals surface area contributed by atoms with E-state index in [4.69, 9.17) is 5.73 Å². The largest absolute Gasteiger partial charge is 0.611 e. The lowest BCUT2D eigenvalue weighted by molar-refractivity contribution is -0.120.